The van der Waals surface area contributed by atoms with Gasteiger partial charge in [0.25, 0.3) is 5.91 Å². The third kappa shape index (κ3) is 5.18. The summed E-state index contributed by atoms with van der Waals surface area (Å²) in [5, 5.41) is 2.33. The summed E-state index contributed by atoms with van der Waals surface area (Å²) in [4.78, 5) is 12.3. The largest absolute Gasteiger partial charge is 0.319 e. The van der Waals surface area contributed by atoms with Gasteiger partial charge in [-0.1, -0.05) is 12.1 Å². The van der Waals surface area contributed by atoms with Crippen molar-refractivity contribution in [3.63, 3.8) is 0 Å². The molecule has 0 atom stereocenters. The summed E-state index contributed by atoms with van der Waals surface area (Å²) in [5.74, 6) is -2.76. The van der Waals surface area contributed by atoms with Gasteiger partial charge >= 0.3 is 0 Å². The van der Waals surface area contributed by atoms with Gasteiger partial charge in [-0.3, -0.25) is 9.10 Å². The Morgan fingerprint density at radius 1 is 0.900 bits per heavy atom. The van der Waals surface area contributed by atoms with Crippen LogP contribution in [0.4, 0.5) is 24.5 Å². The highest BCUT2D eigenvalue weighted by molar-refractivity contribution is 7.92. The first kappa shape index (κ1) is 21.4. The fourth-order valence-electron chi connectivity index (χ4n) is 2.72. The van der Waals surface area contributed by atoms with E-state index in [1.54, 1.807) is 0 Å². The van der Waals surface area contributed by atoms with Crippen molar-refractivity contribution in [2.75, 3.05) is 15.9 Å². The zero-order valence-corrected chi connectivity index (χ0v) is 16.6. The highest BCUT2D eigenvalue weighted by Gasteiger charge is 2.19. The third-order valence-corrected chi connectivity index (χ3v) is 5.38. The van der Waals surface area contributed by atoms with Crippen molar-refractivity contribution in [2.45, 2.75) is 6.54 Å². The van der Waals surface area contributed by atoms with Crippen LogP contribution in [0.5, 0.6) is 0 Å². The number of hydrogen-bond donors (Lipinski definition) is 1. The van der Waals surface area contributed by atoms with Crippen LogP contribution in [0.3, 0.4) is 0 Å². The first-order valence-electron chi connectivity index (χ1n) is 8.72. The summed E-state index contributed by atoms with van der Waals surface area (Å²) < 4.78 is 65.3. The van der Waals surface area contributed by atoms with Gasteiger partial charge in [-0.15, -0.1) is 0 Å². The fourth-order valence-corrected chi connectivity index (χ4v) is 3.61. The second kappa shape index (κ2) is 8.58. The molecule has 156 valence electrons. The minimum absolute atomic E-state index is 0.0224. The Balaban J connectivity index is 1.80. The molecule has 0 saturated heterocycles. The molecule has 0 radical (unpaired) electrons. The van der Waals surface area contributed by atoms with Gasteiger partial charge in [0, 0.05) is 11.6 Å². The number of benzene rings is 3. The van der Waals surface area contributed by atoms with Gasteiger partial charge < -0.3 is 5.32 Å². The summed E-state index contributed by atoms with van der Waals surface area (Å²) in [5.41, 5.74) is 0.846. The van der Waals surface area contributed by atoms with Crippen LogP contribution in [0.2, 0.25) is 0 Å². The molecule has 3 aromatic rings. The lowest BCUT2D eigenvalue weighted by molar-refractivity contribution is 0.102. The summed E-state index contributed by atoms with van der Waals surface area (Å²) >= 11 is 0. The number of carbonyl (C=O) groups is 1. The molecule has 3 aromatic carbocycles. The average molecular weight is 434 g/mol. The standard InChI is InChI=1S/C21H17F3N2O3S/c1-30(28,29)26(13-14-2-6-16(22)7-3-14)18-9-4-15(5-10-18)21(27)25-20-11-8-17(23)12-19(20)24/h2-12H,13H2,1H3,(H,25,27). The molecule has 0 fully saturated rings. The van der Waals surface area contributed by atoms with Crippen LogP contribution in [0.1, 0.15) is 15.9 Å². The van der Waals surface area contributed by atoms with Crippen LogP contribution in [0.15, 0.2) is 66.7 Å². The molecule has 0 unspecified atom stereocenters. The van der Waals surface area contributed by atoms with Crippen molar-refractivity contribution in [2.24, 2.45) is 0 Å². The Morgan fingerprint density at radius 3 is 2.07 bits per heavy atom. The number of hydrogen-bond acceptors (Lipinski definition) is 3. The molecular formula is C21H17F3N2O3S. The van der Waals surface area contributed by atoms with Gasteiger partial charge in [0.2, 0.25) is 10.0 Å². The molecule has 1 amide bonds. The van der Waals surface area contributed by atoms with E-state index in [-0.39, 0.29) is 17.8 Å². The zero-order chi connectivity index (χ0) is 21.9. The van der Waals surface area contributed by atoms with Crippen molar-refractivity contribution in [3.8, 4) is 0 Å². The van der Waals surface area contributed by atoms with E-state index in [4.69, 9.17) is 0 Å². The van der Waals surface area contributed by atoms with Crippen LogP contribution in [0, 0.1) is 17.5 Å². The van der Waals surface area contributed by atoms with Crippen LogP contribution in [-0.2, 0) is 16.6 Å². The van der Waals surface area contributed by atoms with Crippen LogP contribution in [0.25, 0.3) is 0 Å². The topological polar surface area (TPSA) is 66.5 Å². The van der Waals surface area contributed by atoms with Crippen molar-refractivity contribution in [3.05, 3.63) is 95.3 Å². The second-order valence-electron chi connectivity index (χ2n) is 6.52. The second-order valence-corrected chi connectivity index (χ2v) is 8.43. The zero-order valence-electron chi connectivity index (χ0n) is 15.8. The highest BCUT2D eigenvalue weighted by Crippen LogP contribution is 2.22. The maximum absolute atomic E-state index is 13.7. The Hall–Kier alpha value is -3.33. The fraction of sp³-hybridized carbons (Fsp3) is 0.0952. The molecule has 0 aliphatic carbocycles. The lowest BCUT2D eigenvalue weighted by Gasteiger charge is -2.22. The first-order chi connectivity index (χ1) is 14.1. The number of rotatable bonds is 6. The SMILES string of the molecule is CS(=O)(=O)N(Cc1ccc(F)cc1)c1ccc(C(=O)Nc2ccc(F)cc2F)cc1. The molecule has 9 heteroatoms. The number of halogens is 3. The van der Waals surface area contributed by atoms with Crippen molar-refractivity contribution < 1.29 is 26.4 Å². The Bertz CT molecular complexity index is 1170. The maximum Gasteiger partial charge on any atom is 0.255 e. The number of anilines is 2. The van der Waals surface area contributed by atoms with E-state index in [1.807, 2.05) is 0 Å². The first-order valence-corrected chi connectivity index (χ1v) is 10.6. The third-order valence-electron chi connectivity index (χ3n) is 4.24. The Morgan fingerprint density at radius 2 is 1.50 bits per heavy atom. The number of amides is 1. The van der Waals surface area contributed by atoms with Crippen molar-refractivity contribution >= 4 is 27.3 Å². The molecular weight excluding hydrogens is 417 g/mol. The molecule has 0 aliphatic rings. The molecule has 0 heterocycles. The summed E-state index contributed by atoms with van der Waals surface area (Å²) in [7, 11) is -3.66. The van der Waals surface area contributed by atoms with E-state index in [9.17, 15) is 26.4 Å². The predicted octanol–water partition coefficient (Wildman–Crippen LogP) is 4.32. The lowest BCUT2D eigenvalue weighted by atomic mass is 10.1. The number of nitrogens with zero attached hydrogens (tertiary/aromatic N) is 1. The molecule has 5 nitrogen and oxygen atoms in total. The Kier molecular flexibility index (Phi) is 6.12. The number of sulfonamides is 1. The maximum atomic E-state index is 13.7. The molecule has 0 spiro atoms. The van der Waals surface area contributed by atoms with E-state index in [0.29, 0.717) is 17.3 Å². The summed E-state index contributed by atoms with van der Waals surface area (Å²) in [6, 6.07) is 13.8. The minimum atomic E-state index is -3.66. The molecule has 1 N–H and O–H groups in total. The van der Waals surface area contributed by atoms with Gasteiger partial charge in [-0.05, 0) is 54.1 Å². The highest BCUT2D eigenvalue weighted by atomic mass is 32.2. The quantitative estimate of drug-likeness (QED) is 0.628. The molecule has 3 rings (SSSR count). The van der Waals surface area contributed by atoms with E-state index < -0.39 is 33.4 Å². The van der Waals surface area contributed by atoms with Crippen molar-refractivity contribution in [1.82, 2.24) is 0 Å². The minimum Gasteiger partial charge on any atom is -0.319 e. The van der Waals surface area contributed by atoms with Gasteiger partial charge in [-0.2, -0.15) is 0 Å². The summed E-state index contributed by atoms with van der Waals surface area (Å²) in [6.45, 7) is -0.0224. The van der Waals surface area contributed by atoms with Crippen LogP contribution in [-0.4, -0.2) is 20.6 Å². The van der Waals surface area contributed by atoms with Gasteiger partial charge in [-0.25, -0.2) is 21.6 Å². The molecule has 30 heavy (non-hydrogen) atoms. The van der Waals surface area contributed by atoms with Crippen LogP contribution < -0.4 is 9.62 Å². The molecule has 0 saturated carbocycles. The van der Waals surface area contributed by atoms with Gasteiger partial charge in [0.05, 0.1) is 24.2 Å². The van der Waals surface area contributed by atoms with E-state index >= 15 is 0 Å². The molecule has 0 bridgehead atoms. The molecule has 0 aromatic heterocycles. The van der Waals surface area contributed by atoms with E-state index in [2.05, 4.69) is 5.32 Å². The predicted molar refractivity (Wildman–Crippen MR) is 108 cm³/mol. The van der Waals surface area contributed by atoms with Crippen molar-refractivity contribution in [1.29, 1.82) is 0 Å². The summed E-state index contributed by atoms with van der Waals surface area (Å²) in [6.07, 6.45) is 1.04. The van der Waals surface area contributed by atoms with E-state index in [1.165, 1.54) is 48.5 Å². The van der Waals surface area contributed by atoms with E-state index in [0.717, 1.165) is 22.7 Å². The average Bonchev–Trinajstić information content (AvgIpc) is 2.69. The normalized spacial score (nSPS) is 11.2. The Labute approximate surface area is 171 Å². The molecule has 0 aliphatic heterocycles. The monoisotopic (exact) mass is 434 g/mol. The lowest BCUT2D eigenvalue weighted by Crippen LogP contribution is -2.29. The number of carbonyl (C=O) groups excluding carboxylic acids is 1. The van der Waals surface area contributed by atoms with Gasteiger partial charge in [0.1, 0.15) is 17.5 Å². The smallest absolute Gasteiger partial charge is 0.255 e. The van der Waals surface area contributed by atoms with Gasteiger partial charge in [0.15, 0.2) is 0 Å². The number of nitrogens with one attached hydrogen (secondary N) is 1. The van der Waals surface area contributed by atoms with Crippen LogP contribution >= 0.6 is 0 Å².